The molecule has 0 rings (SSSR count). The van der Waals surface area contributed by atoms with E-state index in [1.165, 1.54) is 14.0 Å². The van der Waals surface area contributed by atoms with Crippen LogP contribution in [0.4, 0.5) is 0 Å². The van der Waals surface area contributed by atoms with Gasteiger partial charge in [-0.3, -0.25) is 9.59 Å². The highest BCUT2D eigenvalue weighted by Crippen LogP contribution is 2.07. The fraction of sp³-hybridized carbons (Fsp3) is 0.867. The molecule has 0 aliphatic heterocycles. The van der Waals surface area contributed by atoms with Crippen molar-refractivity contribution in [1.82, 2.24) is 0 Å². The first-order valence-corrected chi connectivity index (χ1v) is 7.41. The summed E-state index contributed by atoms with van der Waals surface area (Å²) < 4.78 is 20.3. The third-order valence-corrected chi connectivity index (χ3v) is 2.45. The average Bonchev–Trinajstić information content (AvgIpc) is 2.48. The van der Waals surface area contributed by atoms with Crippen LogP contribution >= 0.6 is 0 Å². The molecule has 0 aromatic carbocycles. The van der Waals surface area contributed by atoms with Gasteiger partial charge in [0.1, 0.15) is 12.7 Å². The predicted molar refractivity (Wildman–Crippen MR) is 82.9 cm³/mol. The number of hydrogen-bond acceptors (Lipinski definition) is 8. The second-order valence-corrected chi connectivity index (χ2v) is 4.90. The van der Waals surface area contributed by atoms with Crippen LogP contribution in [0.15, 0.2) is 0 Å². The Labute approximate surface area is 137 Å². The lowest BCUT2D eigenvalue weighted by atomic mass is 10.2. The van der Waals surface area contributed by atoms with Crippen molar-refractivity contribution in [3.8, 4) is 0 Å². The molecule has 8 heteroatoms. The lowest BCUT2D eigenvalue weighted by Crippen LogP contribution is -2.27. The van der Waals surface area contributed by atoms with Crippen molar-refractivity contribution in [3.05, 3.63) is 0 Å². The summed E-state index contributed by atoms with van der Waals surface area (Å²) in [6.45, 7) is 5.11. The minimum Gasteiger partial charge on any atom is -0.463 e. The Bertz CT molecular complexity index is 306. The number of ether oxygens (including phenoxy) is 4. The van der Waals surface area contributed by atoms with Crippen LogP contribution in [0.5, 0.6) is 0 Å². The SMILES string of the molecule is CO.COCC(C)OC(=O)CCC(COC(C)=O)OCC(C)O. The number of carbonyl (C=O) groups is 2. The third kappa shape index (κ3) is 17.0. The van der Waals surface area contributed by atoms with Gasteiger partial charge in [-0.25, -0.2) is 0 Å². The van der Waals surface area contributed by atoms with E-state index < -0.39 is 18.2 Å². The van der Waals surface area contributed by atoms with E-state index >= 15 is 0 Å². The van der Waals surface area contributed by atoms with Crippen LogP contribution in [0.3, 0.4) is 0 Å². The molecule has 0 aliphatic rings. The Balaban J connectivity index is 0. The van der Waals surface area contributed by atoms with Gasteiger partial charge in [0.05, 0.1) is 25.4 Å². The molecule has 0 aromatic heterocycles. The van der Waals surface area contributed by atoms with E-state index in [2.05, 4.69) is 0 Å². The van der Waals surface area contributed by atoms with Crippen molar-refractivity contribution < 1.29 is 38.7 Å². The maximum absolute atomic E-state index is 11.6. The summed E-state index contributed by atoms with van der Waals surface area (Å²) in [5.41, 5.74) is 0. The average molecular weight is 338 g/mol. The van der Waals surface area contributed by atoms with Crippen molar-refractivity contribution >= 4 is 11.9 Å². The second-order valence-electron chi connectivity index (χ2n) is 4.90. The highest BCUT2D eigenvalue weighted by Gasteiger charge is 2.16. The van der Waals surface area contributed by atoms with Gasteiger partial charge in [-0.2, -0.15) is 0 Å². The van der Waals surface area contributed by atoms with Gasteiger partial charge < -0.3 is 29.2 Å². The smallest absolute Gasteiger partial charge is 0.306 e. The lowest BCUT2D eigenvalue weighted by Gasteiger charge is -2.19. The predicted octanol–water partition coefficient (Wildman–Crippen LogP) is 0.282. The molecule has 0 saturated carbocycles. The minimum absolute atomic E-state index is 0.0446. The van der Waals surface area contributed by atoms with Crippen LogP contribution in [0.25, 0.3) is 0 Å². The summed E-state index contributed by atoms with van der Waals surface area (Å²) in [4.78, 5) is 22.4. The molecule has 0 aromatic rings. The van der Waals surface area contributed by atoms with Crippen molar-refractivity contribution in [2.75, 3.05) is 34.0 Å². The zero-order valence-electron chi connectivity index (χ0n) is 14.6. The van der Waals surface area contributed by atoms with Crippen LogP contribution in [0.1, 0.15) is 33.6 Å². The van der Waals surface area contributed by atoms with Gasteiger partial charge in [0.2, 0.25) is 0 Å². The van der Waals surface area contributed by atoms with Gasteiger partial charge in [-0.15, -0.1) is 0 Å². The van der Waals surface area contributed by atoms with E-state index in [-0.39, 0.29) is 31.7 Å². The molecule has 0 heterocycles. The van der Waals surface area contributed by atoms with E-state index in [1.807, 2.05) is 0 Å². The molecule has 2 N–H and O–H groups in total. The number of methoxy groups -OCH3 is 1. The quantitative estimate of drug-likeness (QED) is 0.517. The minimum atomic E-state index is -0.626. The summed E-state index contributed by atoms with van der Waals surface area (Å²) in [5, 5.41) is 16.2. The number of rotatable bonds is 11. The first-order chi connectivity index (χ1) is 10.8. The standard InChI is InChI=1S/C14H26O7.CH4O/c1-10(15)7-20-13(9-19-12(3)16)5-6-14(17)21-11(2)8-18-4;1-2/h10-11,13,15H,5-9H2,1-4H3;2H,1H3. The molecule has 0 spiro atoms. The van der Waals surface area contributed by atoms with Crippen LogP contribution < -0.4 is 0 Å². The lowest BCUT2D eigenvalue weighted by molar-refractivity contribution is -0.152. The van der Waals surface area contributed by atoms with E-state index in [1.54, 1.807) is 13.8 Å². The zero-order chi connectivity index (χ0) is 18.3. The van der Waals surface area contributed by atoms with E-state index in [0.29, 0.717) is 13.0 Å². The Morgan fingerprint density at radius 3 is 2.17 bits per heavy atom. The fourth-order valence-electron chi connectivity index (χ4n) is 1.53. The van der Waals surface area contributed by atoms with Gasteiger partial charge in [0.15, 0.2) is 0 Å². The molecule has 3 atom stereocenters. The normalized spacial score (nSPS) is 14.0. The first-order valence-electron chi connectivity index (χ1n) is 7.41. The van der Waals surface area contributed by atoms with Crippen LogP contribution in [-0.4, -0.2) is 74.5 Å². The monoisotopic (exact) mass is 338 g/mol. The third-order valence-electron chi connectivity index (χ3n) is 2.45. The number of hydrogen-bond donors (Lipinski definition) is 2. The Kier molecular flexibility index (Phi) is 16.4. The Hall–Kier alpha value is -1.22. The van der Waals surface area contributed by atoms with Gasteiger partial charge in [0.25, 0.3) is 0 Å². The highest BCUT2D eigenvalue weighted by atomic mass is 16.6. The summed E-state index contributed by atoms with van der Waals surface area (Å²) >= 11 is 0. The maximum atomic E-state index is 11.6. The van der Waals surface area contributed by atoms with E-state index in [4.69, 9.17) is 24.1 Å². The van der Waals surface area contributed by atoms with Crippen molar-refractivity contribution in [2.24, 2.45) is 0 Å². The molecule has 0 amide bonds. The Morgan fingerprint density at radius 1 is 1.09 bits per heavy atom. The summed E-state index contributed by atoms with van der Waals surface area (Å²) in [7, 11) is 2.53. The topological polar surface area (TPSA) is 112 Å². The molecule has 138 valence electrons. The number of carbonyl (C=O) groups excluding carboxylic acids is 2. The maximum Gasteiger partial charge on any atom is 0.306 e. The molecule has 0 aliphatic carbocycles. The summed E-state index contributed by atoms with van der Waals surface area (Å²) in [6.07, 6.45) is -0.904. The molecule has 3 unspecified atom stereocenters. The second kappa shape index (κ2) is 15.7. The van der Waals surface area contributed by atoms with Crippen molar-refractivity contribution in [3.63, 3.8) is 0 Å². The van der Waals surface area contributed by atoms with Gasteiger partial charge in [-0.1, -0.05) is 0 Å². The molecule has 0 radical (unpaired) electrons. The van der Waals surface area contributed by atoms with Crippen LogP contribution in [0.2, 0.25) is 0 Å². The van der Waals surface area contributed by atoms with Gasteiger partial charge in [0, 0.05) is 27.6 Å². The largest absolute Gasteiger partial charge is 0.463 e. The molecular formula is C15H30O8. The summed E-state index contributed by atoms with van der Waals surface area (Å²) in [6, 6.07) is 0. The van der Waals surface area contributed by atoms with Gasteiger partial charge >= 0.3 is 11.9 Å². The molecule has 23 heavy (non-hydrogen) atoms. The van der Waals surface area contributed by atoms with Crippen LogP contribution in [0, 0.1) is 0 Å². The van der Waals surface area contributed by atoms with Crippen molar-refractivity contribution in [2.45, 2.75) is 51.9 Å². The fourth-order valence-corrected chi connectivity index (χ4v) is 1.53. The molecule has 8 nitrogen and oxygen atoms in total. The Morgan fingerprint density at radius 2 is 1.70 bits per heavy atom. The molecule has 0 saturated heterocycles. The first kappa shape index (κ1) is 24.0. The number of esters is 2. The van der Waals surface area contributed by atoms with Crippen LogP contribution in [-0.2, 0) is 28.5 Å². The van der Waals surface area contributed by atoms with Gasteiger partial charge in [-0.05, 0) is 20.3 Å². The molecule has 0 bridgehead atoms. The van der Waals surface area contributed by atoms with E-state index in [0.717, 1.165) is 7.11 Å². The molecular weight excluding hydrogens is 308 g/mol. The zero-order valence-corrected chi connectivity index (χ0v) is 14.6. The van der Waals surface area contributed by atoms with E-state index in [9.17, 15) is 14.7 Å². The summed E-state index contributed by atoms with van der Waals surface area (Å²) in [5.74, 6) is -0.787. The highest BCUT2D eigenvalue weighted by molar-refractivity contribution is 5.69. The molecule has 0 fully saturated rings. The number of aliphatic hydroxyl groups excluding tert-OH is 2. The van der Waals surface area contributed by atoms with Crippen molar-refractivity contribution in [1.29, 1.82) is 0 Å². The number of aliphatic hydroxyl groups is 2.